The minimum Gasteiger partial charge on any atom is -0.376 e. The number of amides is 2. The van der Waals surface area contributed by atoms with E-state index in [9.17, 15) is 18.4 Å². The molecule has 3 aliphatic heterocycles. The molecule has 3 saturated heterocycles. The minimum absolute atomic E-state index is 0.00384. The maximum atomic E-state index is 14.4. The Morgan fingerprint density at radius 1 is 0.627 bits per heavy atom. The number of anilines is 2. The fourth-order valence-corrected chi connectivity index (χ4v) is 11.9. The zero-order valence-electron chi connectivity index (χ0n) is 38.3. The molecule has 4 aromatic rings. The van der Waals surface area contributed by atoms with Crippen LogP contribution in [0.25, 0.3) is 21.9 Å². The number of carbonyl (C=O) groups is 2. The van der Waals surface area contributed by atoms with Crippen molar-refractivity contribution in [2.24, 2.45) is 29.6 Å². The van der Waals surface area contributed by atoms with Gasteiger partial charge >= 0.3 is 0 Å². The van der Waals surface area contributed by atoms with Crippen molar-refractivity contribution >= 4 is 68.6 Å². The predicted octanol–water partition coefficient (Wildman–Crippen LogP) is 7.69. The highest BCUT2D eigenvalue weighted by molar-refractivity contribution is 6.32. The number of piperazine rings is 2. The van der Waals surface area contributed by atoms with E-state index < -0.39 is 29.6 Å². The largest absolute Gasteiger partial charge is 0.376 e. The second-order valence-electron chi connectivity index (χ2n) is 20.1. The maximum Gasteiger partial charge on any atom is 0.226 e. The number of hydrogen-bond acceptors (Lipinski definition) is 12. The predicted molar refractivity (Wildman–Crippen MR) is 253 cm³/mol. The Hall–Kier alpha value is -3.80. The van der Waals surface area contributed by atoms with E-state index in [4.69, 9.17) is 41.7 Å². The van der Waals surface area contributed by atoms with Crippen molar-refractivity contribution in [3.05, 3.63) is 45.9 Å². The van der Waals surface area contributed by atoms with Gasteiger partial charge in [0.1, 0.15) is 11.6 Å². The van der Waals surface area contributed by atoms with Crippen LogP contribution in [0.15, 0.2) is 33.3 Å². The van der Waals surface area contributed by atoms with Gasteiger partial charge in [-0.05, 0) is 120 Å². The number of benzene rings is 2. The number of carbonyl (C=O) groups excluding carboxylic acids is 2. The van der Waals surface area contributed by atoms with Gasteiger partial charge in [-0.15, -0.1) is 0 Å². The molecule has 0 spiro atoms. The summed E-state index contributed by atoms with van der Waals surface area (Å²) in [5.41, 5.74) is 0.806. The van der Waals surface area contributed by atoms with Crippen LogP contribution < -0.4 is 20.4 Å². The van der Waals surface area contributed by atoms with Crippen LogP contribution in [0.4, 0.5) is 20.4 Å². The Morgan fingerprint density at radius 3 is 1.52 bits per heavy atom. The van der Waals surface area contributed by atoms with Gasteiger partial charge in [-0.2, -0.15) is 0 Å². The number of nitrogens with one attached hydrogen (secondary N) is 2. The first kappa shape index (κ1) is 46.9. The third-order valence-electron chi connectivity index (χ3n) is 15.8. The molecule has 2 aromatic carbocycles. The molecule has 18 heteroatoms. The van der Waals surface area contributed by atoms with Crippen molar-refractivity contribution in [1.29, 1.82) is 0 Å². The Labute approximate surface area is 400 Å². The maximum absolute atomic E-state index is 14.4. The smallest absolute Gasteiger partial charge is 0.226 e. The molecule has 6 fully saturated rings. The van der Waals surface area contributed by atoms with Gasteiger partial charge in [-0.3, -0.25) is 19.4 Å². The molecule has 5 heterocycles. The van der Waals surface area contributed by atoms with E-state index in [1.165, 1.54) is 12.1 Å². The number of hydrogen-bond donors (Lipinski definition) is 2. The number of nitrogens with zero attached hydrogens (tertiary/aromatic N) is 6. The summed E-state index contributed by atoms with van der Waals surface area (Å²) >= 11 is 12.1. The molecule has 3 saturated carbocycles. The van der Waals surface area contributed by atoms with Crippen molar-refractivity contribution in [3.63, 3.8) is 0 Å². The highest BCUT2D eigenvalue weighted by Crippen LogP contribution is 2.44. The van der Waals surface area contributed by atoms with Crippen LogP contribution in [0, 0.1) is 41.2 Å². The lowest BCUT2D eigenvalue weighted by atomic mass is 9.79. The fraction of sp³-hybridized carbons (Fsp3) is 0.673. The van der Waals surface area contributed by atoms with E-state index in [2.05, 4.69) is 40.5 Å². The summed E-state index contributed by atoms with van der Waals surface area (Å²) in [6.45, 7) is 10.2. The van der Waals surface area contributed by atoms with Crippen LogP contribution in [-0.4, -0.2) is 135 Å². The van der Waals surface area contributed by atoms with E-state index in [1.54, 1.807) is 12.1 Å². The summed E-state index contributed by atoms with van der Waals surface area (Å²) in [7, 11) is 0. The molecule has 2 aromatic heterocycles. The summed E-state index contributed by atoms with van der Waals surface area (Å²) in [4.78, 5) is 38.1. The van der Waals surface area contributed by atoms with Gasteiger partial charge in [0.05, 0.1) is 58.6 Å². The third-order valence-corrected chi connectivity index (χ3v) is 16.4. The first-order valence-electron chi connectivity index (χ1n) is 24.9. The van der Waals surface area contributed by atoms with Crippen LogP contribution >= 0.6 is 23.2 Å². The lowest BCUT2D eigenvalue weighted by molar-refractivity contribution is -0.157. The fourth-order valence-electron chi connectivity index (χ4n) is 11.6. The molecule has 0 bridgehead atoms. The second kappa shape index (κ2) is 21.1. The topological polar surface area (TPSA) is 142 Å². The Kier molecular flexibility index (Phi) is 14.7. The average Bonchev–Trinajstić information content (AvgIpc) is 3.99. The van der Waals surface area contributed by atoms with Crippen LogP contribution in [0.2, 0.25) is 10.0 Å². The quantitative estimate of drug-likeness (QED) is 0.121. The minimum atomic E-state index is -0.585. The summed E-state index contributed by atoms with van der Waals surface area (Å²) in [6, 6.07) is 5.98. The molecule has 2 N–H and O–H groups in total. The molecule has 3 atom stereocenters. The number of aromatic nitrogens is 2. The summed E-state index contributed by atoms with van der Waals surface area (Å²) in [5, 5.41) is 16.9. The van der Waals surface area contributed by atoms with Gasteiger partial charge in [-0.25, -0.2) is 8.78 Å². The number of fused-ring (bicyclic) bond motifs is 2. The number of ether oxygens (including phenoxy) is 2. The van der Waals surface area contributed by atoms with Gasteiger partial charge in [0.25, 0.3) is 0 Å². The molecule has 10 rings (SSSR count). The molecule has 67 heavy (non-hydrogen) atoms. The van der Waals surface area contributed by atoms with Crippen LogP contribution in [0.3, 0.4) is 0 Å². The Morgan fingerprint density at radius 2 is 1.09 bits per heavy atom. The summed E-state index contributed by atoms with van der Waals surface area (Å²) in [6.07, 6.45) is 11.7. The van der Waals surface area contributed by atoms with Gasteiger partial charge in [-0.1, -0.05) is 33.5 Å². The van der Waals surface area contributed by atoms with Crippen LogP contribution in [0.1, 0.15) is 77.0 Å². The molecular weight excluding hydrogens is 905 g/mol. The average molecular weight is 970 g/mol. The molecule has 3 unspecified atom stereocenters. The normalized spacial score (nSPS) is 26.8. The SMILES string of the molecule is O=C(NC1CCC(CCN2CCN(c3noc4cc(F)c(Cl)cc34)CC2)CC1)C(C1CC1)C(C(=O)NC1CCC(CCN2CCN(c3noc4cc(F)c(Cl)cc34)CC2)CC1)C1COCCO1. The molecule has 3 aliphatic carbocycles. The van der Waals surface area contributed by atoms with Gasteiger partial charge < -0.3 is 39.0 Å². The van der Waals surface area contributed by atoms with Crippen molar-refractivity contribution < 1.29 is 36.9 Å². The van der Waals surface area contributed by atoms with Gasteiger partial charge in [0, 0.05) is 76.6 Å². The van der Waals surface area contributed by atoms with E-state index in [1.807, 2.05) is 0 Å². The van der Waals surface area contributed by atoms with Crippen molar-refractivity contribution in [2.75, 3.05) is 95.1 Å². The Bertz CT molecular complexity index is 2330. The first-order valence-corrected chi connectivity index (χ1v) is 25.6. The monoisotopic (exact) mass is 968 g/mol. The van der Waals surface area contributed by atoms with E-state index in [-0.39, 0.29) is 39.9 Å². The van der Waals surface area contributed by atoms with E-state index in [0.717, 1.165) is 153 Å². The van der Waals surface area contributed by atoms with E-state index >= 15 is 0 Å². The number of halogens is 4. The Balaban J connectivity index is 0.657. The number of rotatable bonds is 15. The molecular formula is C49H64Cl2F2N8O6. The zero-order valence-corrected chi connectivity index (χ0v) is 39.8. The summed E-state index contributed by atoms with van der Waals surface area (Å²) < 4.78 is 50.8. The second-order valence-corrected chi connectivity index (χ2v) is 20.9. The molecule has 0 radical (unpaired) electrons. The highest BCUT2D eigenvalue weighted by Gasteiger charge is 2.49. The zero-order chi connectivity index (χ0) is 46.0. The van der Waals surface area contributed by atoms with Gasteiger partial charge in [0.2, 0.25) is 11.8 Å². The molecule has 6 aliphatic rings. The van der Waals surface area contributed by atoms with Gasteiger partial charge in [0.15, 0.2) is 22.8 Å². The van der Waals surface area contributed by atoms with Crippen molar-refractivity contribution in [2.45, 2.75) is 95.2 Å². The van der Waals surface area contributed by atoms with Crippen molar-refractivity contribution in [3.8, 4) is 0 Å². The molecule has 14 nitrogen and oxygen atoms in total. The molecule has 2 amide bonds. The van der Waals surface area contributed by atoms with Crippen molar-refractivity contribution in [1.82, 2.24) is 30.7 Å². The van der Waals surface area contributed by atoms with Crippen LogP contribution in [-0.2, 0) is 19.1 Å². The standard InChI is InChI=1S/C49H64Cl2F2N8O6/c50-37-25-35-41(27-39(37)52)66-56-46(35)60-19-15-58(16-20-60)13-11-30-1-7-33(8-2-30)54-48(62)44(32-5-6-32)45(43-29-64-23-24-65-43)49(63)55-34-9-3-31(4-10-34)12-14-59-17-21-61(22-18-59)47-36-26-38(51)40(53)28-42(36)67-57-47/h25-28,30-34,43-45H,1-24,29H2,(H,54,62)(H,55,63). The van der Waals surface area contributed by atoms with E-state index in [0.29, 0.717) is 54.5 Å². The first-order chi connectivity index (χ1) is 32.6. The lowest BCUT2D eigenvalue weighted by Gasteiger charge is -2.38. The third kappa shape index (κ3) is 11.0. The highest BCUT2D eigenvalue weighted by atomic mass is 35.5. The molecule has 364 valence electrons. The van der Waals surface area contributed by atoms with Crippen LogP contribution in [0.5, 0.6) is 0 Å². The lowest BCUT2D eigenvalue weighted by Crippen LogP contribution is -2.54. The summed E-state index contributed by atoms with van der Waals surface area (Å²) in [5.74, 6) is 0.732.